The lowest BCUT2D eigenvalue weighted by molar-refractivity contribution is -0.137. The van der Waals surface area contributed by atoms with Gasteiger partial charge in [-0.05, 0) is 20.3 Å². The first kappa shape index (κ1) is 13.2. The number of carbonyl (C=O) groups is 2. The molecule has 2 aliphatic heterocycles. The van der Waals surface area contributed by atoms with E-state index in [0.29, 0.717) is 17.7 Å². The zero-order valence-corrected chi connectivity index (χ0v) is 11.1. The first-order chi connectivity index (χ1) is 8.61. The second-order valence-corrected chi connectivity index (χ2v) is 4.82. The molecule has 5 nitrogen and oxygen atoms in total. The third-order valence-electron chi connectivity index (χ3n) is 3.65. The monoisotopic (exact) mass is 252 g/mol. The fourth-order valence-electron chi connectivity index (χ4n) is 2.30. The predicted octanol–water partition coefficient (Wildman–Crippen LogP) is 0.414. The molecule has 0 aromatic carbocycles. The van der Waals surface area contributed by atoms with Crippen LogP contribution in [0.15, 0.2) is 11.1 Å². The Kier molecular flexibility index (Phi) is 4.14. The molecule has 0 aromatic rings. The van der Waals surface area contributed by atoms with Crippen molar-refractivity contribution < 1.29 is 14.3 Å². The number of morpholine rings is 1. The first-order valence-electron chi connectivity index (χ1n) is 6.45. The van der Waals surface area contributed by atoms with Gasteiger partial charge < -0.3 is 4.74 Å². The van der Waals surface area contributed by atoms with Gasteiger partial charge >= 0.3 is 0 Å². The number of carbonyl (C=O) groups excluding carboxylic acids is 2. The molecule has 5 heteroatoms. The summed E-state index contributed by atoms with van der Waals surface area (Å²) in [6, 6.07) is 0. The maximum absolute atomic E-state index is 11.8. The molecule has 0 N–H and O–H groups in total. The van der Waals surface area contributed by atoms with E-state index in [0.717, 1.165) is 39.3 Å². The average Bonchev–Trinajstić information content (AvgIpc) is 2.57. The van der Waals surface area contributed by atoms with Crippen LogP contribution in [0.25, 0.3) is 0 Å². The number of amides is 2. The fraction of sp³-hybridized carbons (Fsp3) is 0.692. The molecular formula is C13H20N2O3. The van der Waals surface area contributed by atoms with Crippen LogP contribution in [0.2, 0.25) is 0 Å². The SMILES string of the molecule is CC1=C(C)C(=O)N(CCCN2CCOCC2)C1=O. The molecule has 1 saturated heterocycles. The van der Waals surface area contributed by atoms with Crippen molar-refractivity contribution in [2.45, 2.75) is 20.3 Å². The lowest BCUT2D eigenvalue weighted by atomic mass is 10.2. The van der Waals surface area contributed by atoms with E-state index in [4.69, 9.17) is 4.74 Å². The molecule has 18 heavy (non-hydrogen) atoms. The smallest absolute Gasteiger partial charge is 0.256 e. The van der Waals surface area contributed by atoms with Gasteiger partial charge in [-0.15, -0.1) is 0 Å². The van der Waals surface area contributed by atoms with Crippen molar-refractivity contribution in [3.63, 3.8) is 0 Å². The molecule has 0 bridgehead atoms. The summed E-state index contributed by atoms with van der Waals surface area (Å²) in [5, 5.41) is 0. The molecule has 0 atom stereocenters. The van der Waals surface area contributed by atoms with Crippen molar-refractivity contribution in [3.8, 4) is 0 Å². The molecule has 2 amide bonds. The van der Waals surface area contributed by atoms with Gasteiger partial charge in [0, 0.05) is 37.3 Å². The summed E-state index contributed by atoms with van der Waals surface area (Å²) in [7, 11) is 0. The highest BCUT2D eigenvalue weighted by molar-refractivity contribution is 6.18. The van der Waals surface area contributed by atoms with Gasteiger partial charge in [-0.25, -0.2) is 0 Å². The molecule has 1 fully saturated rings. The van der Waals surface area contributed by atoms with Crippen LogP contribution in [-0.2, 0) is 14.3 Å². The van der Waals surface area contributed by atoms with E-state index in [2.05, 4.69) is 4.90 Å². The molecule has 0 unspecified atom stereocenters. The van der Waals surface area contributed by atoms with Crippen molar-refractivity contribution in [3.05, 3.63) is 11.1 Å². The molecule has 0 saturated carbocycles. The van der Waals surface area contributed by atoms with Crippen LogP contribution in [0.1, 0.15) is 20.3 Å². The van der Waals surface area contributed by atoms with Gasteiger partial charge in [0.25, 0.3) is 11.8 Å². The van der Waals surface area contributed by atoms with E-state index in [1.54, 1.807) is 13.8 Å². The zero-order valence-electron chi connectivity index (χ0n) is 11.1. The van der Waals surface area contributed by atoms with Crippen LogP contribution in [0.4, 0.5) is 0 Å². The van der Waals surface area contributed by atoms with Crippen LogP contribution in [0.3, 0.4) is 0 Å². The van der Waals surface area contributed by atoms with Gasteiger partial charge in [-0.3, -0.25) is 19.4 Å². The third kappa shape index (κ3) is 2.62. The molecule has 0 radical (unpaired) electrons. The number of imide groups is 1. The number of hydrogen-bond acceptors (Lipinski definition) is 4. The summed E-state index contributed by atoms with van der Waals surface area (Å²) in [6.45, 7) is 8.32. The Hall–Kier alpha value is -1.20. The minimum atomic E-state index is -0.125. The van der Waals surface area contributed by atoms with Gasteiger partial charge in [-0.2, -0.15) is 0 Å². The number of rotatable bonds is 4. The quantitative estimate of drug-likeness (QED) is 0.680. The van der Waals surface area contributed by atoms with E-state index < -0.39 is 0 Å². The number of nitrogens with zero attached hydrogens (tertiary/aromatic N) is 2. The van der Waals surface area contributed by atoms with Crippen molar-refractivity contribution in [1.29, 1.82) is 0 Å². The lowest BCUT2D eigenvalue weighted by Gasteiger charge is -2.27. The van der Waals surface area contributed by atoms with Crippen molar-refractivity contribution in [2.75, 3.05) is 39.4 Å². The minimum absolute atomic E-state index is 0.125. The van der Waals surface area contributed by atoms with E-state index in [1.807, 2.05) is 0 Å². The van der Waals surface area contributed by atoms with E-state index in [9.17, 15) is 9.59 Å². The average molecular weight is 252 g/mol. The van der Waals surface area contributed by atoms with Gasteiger partial charge in [0.1, 0.15) is 0 Å². The van der Waals surface area contributed by atoms with Crippen molar-refractivity contribution in [2.24, 2.45) is 0 Å². The normalized spacial score (nSPS) is 22.2. The maximum Gasteiger partial charge on any atom is 0.256 e. The molecular weight excluding hydrogens is 232 g/mol. The largest absolute Gasteiger partial charge is 0.379 e. The van der Waals surface area contributed by atoms with Crippen LogP contribution in [0.5, 0.6) is 0 Å². The number of hydrogen-bond donors (Lipinski definition) is 0. The highest BCUT2D eigenvalue weighted by Gasteiger charge is 2.32. The summed E-state index contributed by atoms with van der Waals surface area (Å²) >= 11 is 0. The van der Waals surface area contributed by atoms with Crippen LogP contribution in [0, 0.1) is 0 Å². The Morgan fingerprint density at radius 1 is 1.00 bits per heavy atom. The molecule has 2 rings (SSSR count). The van der Waals surface area contributed by atoms with E-state index >= 15 is 0 Å². The molecule has 100 valence electrons. The Bertz CT molecular complexity index is 360. The third-order valence-corrected chi connectivity index (χ3v) is 3.65. The summed E-state index contributed by atoms with van der Waals surface area (Å²) in [6.07, 6.45) is 0.831. The molecule has 2 heterocycles. The first-order valence-corrected chi connectivity index (χ1v) is 6.45. The van der Waals surface area contributed by atoms with Crippen LogP contribution in [-0.4, -0.2) is 61.0 Å². The van der Waals surface area contributed by atoms with Gasteiger partial charge in [0.15, 0.2) is 0 Å². The van der Waals surface area contributed by atoms with E-state index in [1.165, 1.54) is 4.90 Å². The van der Waals surface area contributed by atoms with E-state index in [-0.39, 0.29) is 11.8 Å². The summed E-state index contributed by atoms with van der Waals surface area (Å²) in [4.78, 5) is 27.3. The highest BCUT2D eigenvalue weighted by Crippen LogP contribution is 2.19. The van der Waals surface area contributed by atoms with Crippen LogP contribution >= 0.6 is 0 Å². The molecule has 2 aliphatic rings. The molecule has 0 aliphatic carbocycles. The van der Waals surface area contributed by atoms with Crippen LogP contribution < -0.4 is 0 Å². The van der Waals surface area contributed by atoms with Gasteiger partial charge in [-0.1, -0.05) is 0 Å². The minimum Gasteiger partial charge on any atom is -0.379 e. The Labute approximate surface area is 107 Å². The molecule has 0 aromatic heterocycles. The standard InChI is InChI=1S/C13H20N2O3/c1-10-11(2)13(17)15(12(10)16)5-3-4-14-6-8-18-9-7-14/h3-9H2,1-2H3. The van der Waals surface area contributed by atoms with Gasteiger partial charge in [0.05, 0.1) is 13.2 Å². The Morgan fingerprint density at radius 2 is 1.56 bits per heavy atom. The topological polar surface area (TPSA) is 49.9 Å². The maximum atomic E-state index is 11.8. The second-order valence-electron chi connectivity index (χ2n) is 4.82. The fourth-order valence-corrected chi connectivity index (χ4v) is 2.30. The molecule has 0 spiro atoms. The van der Waals surface area contributed by atoms with Gasteiger partial charge in [0.2, 0.25) is 0 Å². The Balaban J connectivity index is 1.78. The summed E-state index contributed by atoms with van der Waals surface area (Å²) in [5.41, 5.74) is 1.18. The predicted molar refractivity (Wildman–Crippen MR) is 67.0 cm³/mol. The zero-order chi connectivity index (χ0) is 13.1. The lowest BCUT2D eigenvalue weighted by Crippen LogP contribution is -2.39. The number of ether oxygens (including phenoxy) is 1. The summed E-state index contributed by atoms with van der Waals surface area (Å²) < 4.78 is 5.27. The van der Waals surface area contributed by atoms with Crippen molar-refractivity contribution in [1.82, 2.24) is 9.80 Å². The Morgan fingerprint density at radius 3 is 2.11 bits per heavy atom. The van der Waals surface area contributed by atoms with Crippen molar-refractivity contribution >= 4 is 11.8 Å². The highest BCUT2D eigenvalue weighted by atomic mass is 16.5. The second kappa shape index (κ2) is 5.63. The summed E-state index contributed by atoms with van der Waals surface area (Å²) in [5.74, 6) is -0.251.